The summed E-state index contributed by atoms with van der Waals surface area (Å²) in [6, 6.07) is 16.1. The summed E-state index contributed by atoms with van der Waals surface area (Å²) >= 11 is 0. The molecule has 3 aromatic rings. The Morgan fingerprint density at radius 3 is 2.48 bits per heavy atom. The van der Waals surface area contributed by atoms with Crippen molar-refractivity contribution in [2.45, 2.75) is 32.8 Å². The number of anilines is 5. The first-order valence-corrected chi connectivity index (χ1v) is 10.0. The highest BCUT2D eigenvalue weighted by Gasteiger charge is 2.12. The molecule has 7 nitrogen and oxygen atoms in total. The Balaban J connectivity index is 1.45. The number of para-hydroxylation sites is 2. The summed E-state index contributed by atoms with van der Waals surface area (Å²) in [5.41, 5.74) is 3.02. The van der Waals surface area contributed by atoms with E-state index >= 15 is 0 Å². The van der Waals surface area contributed by atoms with Gasteiger partial charge in [0.1, 0.15) is 5.75 Å². The second kappa shape index (κ2) is 8.77. The van der Waals surface area contributed by atoms with Crippen LogP contribution < -0.4 is 20.3 Å². The number of ether oxygens (including phenoxy) is 1. The van der Waals surface area contributed by atoms with Crippen molar-refractivity contribution in [3.8, 4) is 5.75 Å². The highest BCUT2D eigenvalue weighted by molar-refractivity contribution is 5.65. The van der Waals surface area contributed by atoms with Crippen molar-refractivity contribution in [1.82, 2.24) is 15.2 Å². The van der Waals surface area contributed by atoms with Gasteiger partial charge in [0.15, 0.2) is 5.82 Å². The van der Waals surface area contributed by atoms with Gasteiger partial charge in [-0.1, -0.05) is 12.1 Å². The van der Waals surface area contributed by atoms with E-state index in [9.17, 15) is 0 Å². The smallest absolute Gasteiger partial charge is 0.249 e. The van der Waals surface area contributed by atoms with Gasteiger partial charge in [0.2, 0.25) is 5.95 Å². The van der Waals surface area contributed by atoms with E-state index in [-0.39, 0.29) is 6.10 Å². The van der Waals surface area contributed by atoms with Crippen LogP contribution in [0, 0.1) is 0 Å². The van der Waals surface area contributed by atoms with Gasteiger partial charge < -0.3 is 20.3 Å². The monoisotopic (exact) mass is 390 g/mol. The Hall–Kier alpha value is -3.35. The third kappa shape index (κ3) is 4.93. The first kappa shape index (κ1) is 19.0. The molecule has 150 valence electrons. The van der Waals surface area contributed by atoms with Gasteiger partial charge in [0, 0.05) is 24.5 Å². The molecule has 0 saturated carbocycles. The number of nitrogens with one attached hydrogen (secondary N) is 2. The van der Waals surface area contributed by atoms with Crippen molar-refractivity contribution in [3.63, 3.8) is 0 Å². The molecule has 1 aliphatic rings. The summed E-state index contributed by atoms with van der Waals surface area (Å²) in [7, 11) is 0. The predicted octanol–water partition coefficient (Wildman–Crippen LogP) is 4.75. The van der Waals surface area contributed by atoms with Crippen LogP contribution >= 0.6 is 0 Å². The average molecular weight is 390 g/mol. The third-order valence-corrected chi connectivity index (χ3v) is 4.67. The lowest BCUT2D eigenvalue weighted by molar-refractivity contribution is 0.244. The normalized spacial score (nSPS) is 13.6. The zero-order valence-corrected chi connectivity index (χ0v) is 16.8. The number of benzene rings is 2. The summed E-state index contributed by atoms with van der Waals surface area (Å²) < 4.78 is 5.85. The van der Waals surface area contributed by atoms with E-state index in [0.29, 0.717) is 11.8 Å². The topological polar surface area (TPSA) is 75.2 Å². The van der Waals surface area contributed by atoms with Crippen molar-refractivity contribution < 1.29 is 4.74 Å². The molecule has 0 radical (unpaired) electrons. The maximum absolute atomic E-state index is 5.85. The van der Waals surface area contributed by atoms with Crippen LogP contribution in [0.5, 0.6) is 5.75 Å². The average Bonchev–Trinajstić information content (AvgIpc) is 3.25. The first-order valence-electron chi connectivity index (χ1n) is 10.0. The summed E-state index contributed by atoms with van der Waals surface area (Å²) in [6.07, 6.45) is 4.21. The van der Waals surface area contributed by atoms with E-state index in [4.69, 9.17) is 4.74 Å². The molecule has 1 saturated heterocycles. The Morgan fingerprint density at radius 2 is 1.72 bits per heavy atom. The van der Waals surface area contributed by atoms with Crippen molar-refractivity contribution in [2.24, 2.45) is 0 Å². The molecule has 0 bridgehead atoms. The summed E-state index contributed by atoms with van der Waals surface area (Å²) in [6.45, 7) is 6.27. The van der Waals surface area contributed by atoms with Crippen molar-refractivity contribution >= 4 is 28.8 Å². The molecule has 0 amide bonds. The molecule has 0 spiro atoms. The van der Waals surface area contributed by atoms with Crippen LogP contribution in [-0.4, -0.2) is 34.4 Å². The van der Waals surface area contributed by atoms with Crippen molar-refractivity contribution in [3.05, 3.63) is 54.7 Å². The third-order valence-electron chi connectivity index (χ3n) is 4.67. The summed E-state index contributed by atoms with van der Waals surface area (Å²) in [5, 5.41) is 14.6. The summed E-state index contributed by atoms with van der Waals surface area (Å²) in [4.78, 5) is 6.93. The zero-order valence-electron chi connectivity index (χ0n) is 16.8. The Morgan fingerprint density at radius 1 is 0.966 bits per heavy atom. The van der Waals surface area contributed by atoms with Crippen LogP contribution in [0.1, 0.15) is 26.7 Å². The fourth-order valence-corrected chi connectivity index (χ4v) is 3.34. The van der Waals surface area contributed by atoms with Gasteiger partial charge in [-0.3, -0.25) is 0 Å². The van der Waals surface area contributed by atoms with Crippen LogP contribution in [0.2, 0.25) is 0 Å². The molecule has 2 heterocycles. The van der Waals surface area contributed by atoms with Gasteiger partial charge in [0.05, 0.1) is 18.0 Å². The standard InChI is InChI=1S/C22H26N6O/c1-16(2)29-20-8-4-3-7-19(20)25-21-15-23-27-22(26-21)24-17-9-11-18(12-10-17)28-13-5-6-14-28/h3-4,7-12,15-16H,5-6,13-14H2,1-2H3,(H2,24,25,26,27). The van der Waals surface area contributed by atoms with Crippen LogP contribution in [0.3, 0.4) is 0 Å². The lowest BCUT2D eigenvalue weighted by Gasteiger charge is -2.17. The van der Waals surface area contributed by atoms with Gasteiger partial charge in [-0.15, -0.1) is 5.10 Å². The Labute approximate surface area is 171 Å². The Bertz CT molecular complexity index is 938. The maximum Gasteiger partial charge on any atom is 0.249 e. The molecule has 1 fully saturated rings. The molecular formula is C22H26N6O. The maximum atomic E-state index is 5.85. The van der Waals surface area contributed by atoms with E-state index in [1.54, 1.807) is 6.20 Å². The molecule has 1 aliphatic heterocycles. The number of hydrogen-bond acceptors (Lipinski definition) is 7. The van der Waals surface area contributed by atoms with E-state index in [2.05, 4.69) is 42.8 Å². The molecule has 2 N–H and O–H groups in total. The van der Waals surface area contributed by atoms with Crippen molar-refractivity contribution in [2.75, 3.05) is 28.6 Å². The number of aromatic nitrogens is 3. The number of rotatable bonds is 7. The molecule has 4 rings (SSSR count). The predicted molar refractivity (Wildman–Crippen MR) is 116 cm³/mol. The molecule has 7 heteroatoms. The zero-order chi connectivity index (χ0) is 20.1. The van der Waals surface area contributed by atoms with Crippen molar-refractivity contribution in [1.29, 1.82) is 0 Å². The van der Waals surface area contributed by atoms with E-state index < -0.39 is 0 Å². The second-order valence-corrected chi connectivity index (χ2v) is 7.32. The van der Waals surface area contributed by atoms with Gasteiger partial charge in [-0.25, -0.2) is 0 Å². The molecule has 1 aromatic heterocycles. The quantitative estimate of drug-likeness (QED) is 0.603. The fourth-order valence-electron chi connectivity index (χ4n) is 3.34. The minimum atomic E-state index is 0.0854. The van der Waals surface area contributed by atoms with Gasteiger partial charge in [-0.2, -0.15) is 10.1 Å². The van der Waals surface area contributed by atoms with Crippen LogP contribution in [0.4, 0.5) is 28.8 Å². The molecule has 2 aromatic carbocycles. The van der Waals surface area contributed by atoms with E-state index in [1.165, 1.54) is 18.5 Å². The molecule has 29 heavy (non-hydrogen) atoms. The van der Waals surface area contributed by atoms with Gasteiger partial charge in [-0.05, 0) is 63.1 Å². The minimum absolute atomic E-state index is 0.0854. The Kier molecular flexibility index (Phi) is 5.74. The van der Waals surface area contributed by atoms with Crippen LogP contribution in [-0.2, 0) is 0 Å². The van der Waals surface area contributed by atoms with E-state index in [0.717, 1.165) is 30.2 Å². The number of nitrogens with zero attached hydrogens (tertiary/aromatic N) is 4. The van der Waals surface area contributed by atoms with Gasteiger partial charge in [0.25, 0.3) is 0 Å². The van der Waals surface area contributed by atoms with E-state index in [1.807, 2.05) is 50.2 Å². The SMILES string of the molecule is CC(C)Oc1ccccc1Nc1cnnc(Nc2ccc(N3CCCC3)cc2)n1. The largest absolute Gasteiger partial charge is 0.489 e. The number of hydrogen-bond donors (Lipinski definition) is 2. The highest BCUT2D eigenvalue weighted by atomic mass is 16.5. The molecule has 0 aliphatic carbocycles. The van der Waals surface area contributed by atoms with Crippen LogP contribution in [0.15, 0.2) is 54.7 Å². The summed E-state index contributed by atoms with van der Waals surface area (Å²) in [5.74, 6) is 1.80. The molecular weight excluding hydrogens is 364 g/mol. The molecule has 0 unspecified atom stereocenters. The first-order chi connectivity index (χ1) is 14.2. The molecule has 0 atom stereocenters. The lowest BCUT2D eigenvalue weighted by Crippen LogP contribution is -2.17. The fraction of sp³-hybridized carbons (Fsp3) is 0.318. The lowest BCUT2D eigenvalue weighted by atomic mass is 10.2. The highest BCUT2D eigenvalue weighted by Crippen LogP contribution is 2.28. The van der Waals surface area contributed by atoms with Gasteiger partial charge >= 0.3 is 0 Å². The van der Waals surface area contributed by atoms with Crippen LogP contribution in [0.25, 0.3) is 0 Å². The minimum Gasteiger partial charge on any atom is -0.489 e. The second-order valence-electron chi connectivity index (χ2n) is 7.32.